The van der Waals surface area contributed by atoms with Crippen LogP contribution in [-0.2, 0) is 9.59 Å². The van der Waals surface area contributed by atoms with Gasteiger partial charge in [-0.2, -0.15) is 0 Å². The molecule has 1 saturated heterocycles. The first-order valence-corrected chi connectivity index (χ1v) is 7.46. The topological polar surface area (TPSA) is 94.9 Å². The molecule has 1 aromatic rings. The highest BCUT2D eigenvalue weighted by atomic mass is 16.4. The summed E-state index contributed by atoms with van der Waals surface area (Å²) in [5, 5.41) is 18.4. The molecule has 6 nitrogen and oxygen atoms in total. The second-order valence-corrected chi connectivity index (χ2v) is 6.01. The van der Waals surface area contributed by atoms with E-state index in [1.54, 1.807) is 6.08 Å². The molecular formula is C17H17NO5. The van der Waals surface area contributed by atoms with Gasteiger partial charge in [0, 0.05) is 5.92 Å². The second kappa shape index (κ2) is 5.62. The molecule has 0 spiro atoms. The van der Waals surface area contributed by atoms with Crippen LogP contribution in [0.3, 0.4) is 0 Å². The number of aliphatic hydroxyl groups is 1. The first-order valence-electron chi connectivity index (χ1n) is 7.46. The van der Waals surface area contributed by atoms with Crippen LogP contribution in [0.2, 0.25) is 0 Å². The second-order valence-electron chi connectivity index (χ2n) is 6.01. The van der Waals surface area contributed by atoms with E-state index in [1.807, 2.05) is 13.0 Å². The molecule has 1 aromatic carbocycles. The van der Waals surface area contributed by atoms with Crippen molar-refractivity contribution >= 4 is 23.5 Å². The minimum absolute atomic E-state index is 0.0810. The number of benzene rings is 1. The standard InChI is InChI=1S/C17H17NO5/c1-9-2-3-11(8-19)14-13(9)15(20)18(16(14)21)12-6-4-10(5-7-12)17(22)23/h2-7,9,11,13-14,19H,8H2,1H3,(H,22,23). The van der Waals surface area contributed by atoms with Gasteiger partial charge in [0.05, 0.1) is 29.7 Å². The summed E-state index contributed by atoms with van der Waals surface area (Å²) in [5.41, 5.74) is 0.455. The third-order valence-electron chi connectivity index (χ3n) is 4.67. The van der Waals surface area contributed by atoms with Crippen LogP contribution in [0.25, 0.3) is 0 Å². The summed E-state index contributed by atoms with van der Waals surface area (Å²) in [6.07, 6.45) is 3.66. The maximum Gasteiger partial charge on any atom is 0.335 e. The van der Waals surface area contributed by atoms with Crippen molar-refractivity contribution in [3.8, 4) is 0 Å². The Morgan fingerprint density at radius 2 is 1.70 bits per heavy atom. The van der Waals surface area contributed by atoms with E-state index in [2.05, 4.69) is 0 Å². The summed E-state index contributed by atoms with van der Waals surface area (Å²) in [7, 11) is 0. The third kappa shape index (κ3) is 2.35. The van der Waals surface area contributed by atoms with Crippen LogP contribution in [0, 0.1) is 23.7 Å². The molecule has 2 N–H and O–H groups in total. The van der Waals surface area contributed by atoms with Crippen molar-refractivity contribution in [2.24, 2.45) is 23.7 Å². The van der Waals surface area contributed by atoms with Gasteiger partial charge in [0.1, 0.15) is 0 Å². The number of aliphatic hydroxyl groups excluding tert-OH is 1. The maximum atomic E-state index is 12.7. The number of carboxylic acids is 1. The molecule has 3 rings (SSSR count). The molecule has 0 bridgehead atoms. The van der Waals surface area contributed by atoms with Crippen molar-refractivity contribution in [1.29, 1.82) is 0 Å². The number of rotatable bonds is 3. The lowest BCUT2D eigenvalue weighted by molar-refractivity contribution is -0.123. The monoisotopic (exact) mass is 315 g/mol. The van der Waals surface area contributed by atoms with Gasteiger partial charge in [-0.15, -0.1) is 0 Å². The summed E-state index contributed by atoms with van der Waals surface area (Å²) in [4.78, 5) is 37.5. The number of carboxylic acid groups (broad SMARTS) is 1. The zero-order valence-electron chi connectivity index (χ0n) is 12.5. The van der Waals surface area contributed by atoms with Crippen LogP contribution in [-0.4, -0.2) is 34.6 Å². The first kappa shape index (κ1) is 15.4. The van der Waals surface area contributed by atoms with Gasteiger partial charge in [0.15, 0.2) is 0 Å². The van der Waals surface area contributed by atoms with Crippen LogP contribution in [0.4, 0.5) is 5.69 Å². The number of fused-ring (bicyclic) bond motifs is 1. The minimum Gasteiger partial charge on any atom is -0.478 e. The quantitative estimate of drug-likeness (QED) is 0.647. The lowest BCUT2D eigenvalue weighted by Gasteiger charge is -2.28. The predicted molar refractivity (Wildman–Crippen MR) is 81.8 cm³/mol. The molecule has 120 valence electrons. The van der Waals surface area contributed by atoms with Gasteiger partial charge in [-0.1, -0.05) is 19.1 Å². The number of anilines is 1. The number of amides is 2. The normalized spacial score (nSPS) is 29.7. The van der Waals surface area contributed by atoms with E-state index >= 15 is 0 Å². The van der Waals surface area contributed by atoms with Gasteiger partial charge in [-0.25, -0.2) is 4.79 Å². The zero-order valence-corrected chi connectivity index (χ0v) is 12.5. The Hall–Kier alpha value is -2.47. The maximum absolute atomic E-state index is 12.7. The van der Waals surface area contributed by atoms with Crippen molar-refractivity contribution in [3.05, 3.63) is 42.0 Å². The van der Waals surface area contributed by atoms with E-state index in [9.17, 15) is 19.5 Å². The highest BCUT2D eigenvalue weighted by molar-refractivity contribution is 6.22. The molecule has 6 heteroatoms. The van der Waals surface area contributed by atoms with Gasteiger partial charge >= 0.3 is 5.97 Å². The molecule has 1 fully saturated rings. The van der Waals surface area contributed by atoms with Crippen molar-refractivity contribution in [3.63, 3.8) is 0 Å². The molecule has 0 radical (unpaired) electrons. The molecule has 1 aliphatic heterocycles. The van der Waals surface area contributed by atoms with Crippen LogP contribution in [0.5, 0.6) is 0 Å². The molecule has 4 unspecified atom stereocenters. The van der Waals surface area contributed by atoms with Crippen molar-refractivity contribution < 1.29 is 24.6 Å². The highest BCUT2D eigenvalue weighted by Crippen LogP contribution is 2.42. The highest BCUT2D eigenvalue weighted by Gasteiger charge is 2.53. The van der Waals surface area contributed by atoms with Gasteiger partial charge in [-0.05, 0) is 30.2 Å². The molecule has 2 aliphatic rings. The van der Waals surface area contributed by atoms with Crippen LogP contribution < -0.4 is 4.90 Å². The number of imide groups is 1. The summed E-state index contributed by atoms with van der Waals surface area (Å²) >= 11 is 0. The predicted octanol–water partition coefficient (Wildman–Crippen LogP) is 1.30. The lowest BCUT2D eigenvalue weighted by atomic mass is 9.73. The SMILES string of the molecule is CC1C=CC(CO)C2C(=O)N(c3ccc(C(=O)O)cc3)C(=O)C12. The van der Waals surface area contributed by atoms with Gasteiger partial charge in [0.25, 0.3) is 0 Å². The Kier molecular flexibility index (Phi) is 3.77. The summed E-state index contributed by atoms with van der Waals surface area (Å²) < 4.78 is 0. The van der Waals surface area contributed by atoms with Crippen LogP contribution in [0.1, 0.15) is 17.3 Å². The van der Waals surface area contributed by atoms with Gasteiger partial charge < -0.3 is 10.2 Å². The minimum atomic E-state index is -1.07. The van der Waals surface area contributed by atoms with E-state index in [0.29, 0.717) is 5.69 Å². The smallest absolute Gasteiger partial charge is 0.335 e. The van der Waals surface area contributed by atoms with Crippen LogP contribution in [0.15, 0.2) is 36.4 Å². The molecular weight excluding hydrogens is 298 g/mol. The summed E-state index contributed by atoms with van der Waals surface area (Å²) in [6.45, 7) is 1.69. The number of carbonyl (C=O) groups excluding carboxylic acids is 2. The Balaban J connectivity index is 1.97. The third-order valence-corrected chi connectivity index (χ3v) is 4.67. The van der Waals surface area contributed by atoms with Gasteiger partial charge in [-0.3, -0.25) is 14.5 Å². The van der Waals surface area contributed by atoms with Gasteiger partial charge in [0.2, 0.25) is 11.8 Å². The lowest BCUT2D eigenvalue weighted by Crippen LogP contribution is -2.34. The molecule has 1 heterocycles. The van der Waals surface area contributed by atoms with Crippen LogP contribution >= 0.6 is 0 Å². The van der Waals surface area contributed by atoms with E-state index in [-0.39, 0.29) is 35.8 Å². The van der Waals surface area contributed by atoms with E-state index in [4.69, 9.17) is 5.11 Å². The fourth-order valence-corrected chi connectivity index (χ4v) is 3.45. The average Bonchev–Trinajstić information content (AvgIpc) is 2.80. The number of carbonyl (C=O) groups is 3. The van der Waals surface area contributed by atoms with E-state index in [0.717, 1.165) is 4.90 Å². The number of allylic oxidation sites excluding steroid dienone is 1. The fourth-order valence-electron chi connectivity index (χ4n) is 3.45. The molecule has 1 aliphatic carbocycles. The van der Waals surface area contributed by atoms with E-state index < -0.39 is 17.8 Å². The van der Waals surface area contributed by atoms with E-state index in [1.165, 1.54) is 24.3 Å². The Morgan fingerprint density at radius 3 is 2.26 bits per heavy atom. The Labute approximate surface area is 133 Å². The molecule has 23 heavy (non-hydrogen) atoms. The summed E-state index contributed by atoms with van der Waals surface area (Å²) in [6, 6.07) is 5.65. The average molecular weight is 315 g/mol. The van der Waals surface area contributed by atoms with Crippen molar-refractivity contribution in [1.82, 2.24) is 0 Å². The molecule has 0 aromatic heterocycles. The number of nitrogens with zero attached hydrogens (tertiary/aromatic N) is 1. The molecule has 2 amide bonds. The van der Waals surface area contributed by atoms with Crippen molar-refractivity contribution in [2.75, 3.05) is 11.5 Å². The Morgan fingerprint density at radius 1 is 1.09 bits per heavy atom. The largest absolute Gasteiger partial charge is 0.478 e. The number of aromatic carboxylic acids is 1. The first-order chi connectivity index (χ1) is 11.0. The van der Waals surface area contributed by atoms with Crippen molar-refractivity contribution in [2.45, 2.75) is 6.92 Å². The Bertz CT molecular complexity index is 693. The zero-order chi connectivity index (χ0) is 16.7. The molecule has 0 saturated carbocycles. The fraction of sp³-hybridized carbons (Fsp3) is 0.353. The number of hydrogen-bond donors (Lipinski definition) is 2. The molecule has 4 atom stereocenters. The summed E-state index contributed by atoms with van der Waals surface area (Å²) in [5.74, 6) is -3.19. The number of hydrogen-bond acceptors (Lipinski definition) is 4.